The highest BCUT2D eigenvalue weighted by Gasteiger charge is 2.16. The third-order valence-electron chi connectivity index (χ3n) is 10.1. The van der Waals surface area contributed by atoms with E-state index >= 15 is 0 Å². The summed E-state index contributed by atoms with van der Waals surface area (Å²) in [5, 5.41) is 2.99. The predicted molar refractivity (Wildman–Crippen MR) is 262 cm³/mol. The van der Waals surface area contributed by atoms with Gasteiger partial charge in [-0.2, -0.15) is 0 Å². The van der Waals surface area contributed by atoms with E-state index in [2.05, 4.69) is 117 Å². The van der Waals surface area contributed by atoms with E-state index in [0.717, 1.165) is 55.4 Å². The smallest absolute Gasteiger partial charge is 0.166 e. The number of aromatic nitrogens is 6. The summed E-state index contributed by atoms with van der Waals surface area (Å²) < 4.78 is 0. The summed E-state index contributed by atoms with van der Waals surface area (Å²) in [6.45, 7) is 0. The molecule has 0 fully saturated rings. The Labute approximate surface area is 386 Å². The normalized spacial score (nSPS) is 11.5. The second kappa shape index (κ2) is 21.3. The molecule has 2 N–H and O–H groups in total. The van der Waals surface area contributed by atoms with Crippen molar-refractivity contribution in [3.63, 3.8) is 0 Å². The molecule has 0 bridgehead atoms. The number of hydrogen-bond acceptors (Lipinski definition) is 8. The molecule has 0 aliphatic heterocycles. The molecule has 0 aliphatic carbocycles. The zero-order valence-electron chi connectivity index (χ0n) is 34.2. The number of nitrogens with zero attached hydrogens (tertiary/aromatic N) is 7. The Hall–Kier alpha value is -7.20. The highest BCUT2D eigenvalue weighted by atomic mass is 35.5. The number of fused-ring (bicyclic) bond motifs is 2. The van der Waals surface area contributed by atoms with Crippen molar-refractivity contribution in [1.29, 1.82) is 0 Å². The summed E-state index contributed by atoms with van der Waals surface area (Å²) in [6, 6.07) is 61.3. The molecule has 0 spiro atoms. The Morgan fingerprint density at radius 3 is 1.38 bits per heavy atom. The Morgan fingerprint density at radius 2 is 0.875 bits per heavy atom. The predicted octanol–water partition coefficient (Wildman–Crippen LogP) is 13.3. The lowest BCUT2D eigenvalue weighted by Gasteiger charge is -2.13. The molecule has 312 valence electrons. The first kappa shape index (κ1) is 43.4. The van der Waals surface area contributed by atoms with Gasteiger partial charge in [-0.05, 0) is 46.5 Å². The second-order valence-corrected chi connectivity index (χ2v) is 15.5. The Balaban J connectivity index is 0.000000152. The second-order valence-electron chi connectivity index (χ2n) is 14.4. The molecule has 1 unspecified atom stereocenters. The first-order valence-electron chi connectivity index (χ1n) is 20.3. The number of pyridine rings is 2. The molecule has 10 rings (SSSR count). The molecule has 8 nitrogen and oxygen atoms in total. The van der Waals surface area contributed by atoms with E-state index in [-0.39, 0.29) is 16.3 Å². The van der Waals surface area contributed by atoms with Gasteiger partial charge in [0, 0.05) is 52.9 Å². The number of rotatable bonds is 8. The van der Waals surface area contributed by atoms with Crippen molar-refractivity contribution < 1.29 is 0 Å². The van der Waals surface area contributed by atoms with E-state index in [1.54, 1.807) is 12.4 Å². The standard InChI is InChI=1S/C29H22N2.C20H15ClN4.C4H2Cl2N2/c1-4-10-23(11-5-1)27-19-18-24-17-16-22(20-28(24)31-27)21-30-29(25-12-6-2-7-13-25)26-14-8-3-9-15-26;21-20-19(23-10-11-24-20)18(22)15-7-6-14-8-9-16(25-17(14)12-15)13-4-2-1-3-5-13;5-3-4(6)8-2-1-7-3/h1-21,29H;1-12,18H,22H2;1-2H. The fraction of sp³-hybridized carbons (Fsp3) is 0.0377. The van der Waals surface area contributed by atoms with Crippen molar-refractivity contribution in [2.75, 3.05) is 0 Å². The van der Waals surface area contributed by atoms with Crippen molar-refractivity contribution in [2.24, 2.45) is 10.7 Å². The van der Waals surface area contributed by atoms with Crippen molar-refractivity contribution in [1.82, 2.24) is 29.9 Å². The van der Waals surface area contributed by atoms with Gasteiger partial charge in [0.1, 0.15) is 0 Å². The van der Waals surface area contributed by atoms with Crippen LogP contribution in [0, 0.1) is 0 Å². The monoisotopic (exact) mass is 892 g/mol. The molecule has 4 aromatic heterocycles. The van der Waals surface area contributed by atoms with E-state index in [0.29, 0.717) is 10.8 Å². The number of nitrogens with two attached hydrogens (primary N) is 1. The summed E-state index contributed by atoms with van der Waals surface area (Å²) in [5.41, 5.74) is 17.2. The lowest BCUT2D eigenvalue weighted by molar-refractivity contribution is 0.819. The van der Waals surface area contributed by atoms with Crippen LogP contribution < -0.4 is 5.73 Å². The summed E-state index contributed by atoms with van der Waals surface area (Å²) >= 11 is 16.9. The average molecular weight is 894 g/mol. The van der Waals surface area contributed by atoms with E-state index in [4.69, 9.17) is 55.5 Å². The van der Waals surface area contributed by atoms with Crippen molar-refractivity contribution >= 4 is 62.8 Å². The first-order valence-corrected chi connectivity index (χ1v) is 21.4. The molecule has 0 aliphatic rings. The summed E-state index contributed by atoms with van der Waals surface area (Å²) in [5.74, 6) is 0. The van der Waals surface area contributed by atoms with Crippen LogP contribution in [-0.4, -0.2) is 36.1 Å². The van der Waals surface area contributed by atoms with Gasteiger partial charge >= 0.3 is 0 Å². The molecule has 64 heavy (non-hydrogen) atoms. The zero-order chi connectivity index (χ0) is 44.1. The lowest BCUT2D eigenvalue weighted by atomic mass is 9.99. The van der Waals surface area contributed by atoms with Crippen LogP contribution in [0.1, 0.15) is 40.0 Å². The van der Waals surface area contributed by atoms with Gasteiger partial charge in [-0.15, -0.1) is 0 Å². The minimum Gasteiger partial charge on any atom is -0.319 e. The molecule has 0 amide bonds. The Kier molecular flexibility index (Phi) is 14.4. The molecule has 4 heterocycles. The summed E-state index contributed by atoms with van der Waals surface area (Å²) in [4.78, 5) is 30.2. The molecule has 6 aromatic carbocycles. The van der Waals surface area contributed by atoms with Gasteiger partial charge < -0.3 is 5.73 Å². The summed E-state index contributed by atoms with van der Waals surface area (Å²) in [7, 11) is 0. The highest BCUT2D eigenvalue weighted by molar-refractivity contribution is 6.40. The minimum atomic E-state index is -0.451. The largest absolute Gasteiger partial charge is 0.319 e. The Morgan fingerprint density at radius 1 is 0.438 bits per heavy atom. The Bertz CT molecular complexity index is 3060. The third-order valence-corrected chi connectivity index (χ3v) is 11.1. The first-order chi connectivity index (χ1) is 31.4. The summed E-state index contributed by atoms with van der Waals surface area (Å²) in [6.07, 6.45) is 8.06. The maximum atomic E-state index is 6.34. The van der Waals surface area contributed by atoms with E-state index in [1.165, 1.54) is 23.5 Å². The number of hydrogen-bond donors (Lipinski definition) is 1. The minimum absolute atomic E-state index is 0.0401. The number of aliphatic imine (C=N–C) groups is 1. The molecule has 11 heteroatoms. The zero-order valence-corrected chi connectivity index (χ0v) is 36.5. The van der Waals surface area contributed by atoms with Crippen LogP contribution in [0.4, 0.5) is 0 Å². The maximum Gasteiger partial charge on any atom is 0.166 e. The SMILES string of the molecule is C(=NC(c1ccccc1)c1ccccc1)c1ccc2ccc(-c3ccccc3)nc2c1.Clc1nccnc1Cl.NC(c1ccc2ccc(-c3ccccc3)nc2c1)c1nccnc1Cl. The van der Waals surface area contributed by atoms with Gasteiger partial charge in [0.15, 0.2) is 15.5 Å². The van der Waals surface area contributed by atoms with Crippen LogP contribution in [0.25, 0.3) is 44.3 Å². The maximum absolute atomic E-state index is 6.34. The van der Waals surface area contributed by atoms with Gasteiger partial charge in [-0.1, -0.05) is 193 Å². The molecular formula is C53H39Cl3N8. The third kappa shape index (κ3) is 11.1. The van der Waals surface area contributed by atoms with Crippen LogP contribution in [0.3, 0.4) is 0 Å². The van der Waals surface area contributed by atoms with Gasteiger partial charge in [0.05, 0.1) is 40.2 Å². The number of benzene rings is 6. The molecule has 0 radical (unpaired) electrons. The van der Waals surface area contributed by atoms with Gasteiger partial charge in [0.2, 0.25) is 0 Å². The van der Waals surface area contributed by atoms with E-state index in [9.17, 15) is 0 Å². The molecule has 0 saturated heterocycles. The fourth-order valence-electron chi connectivity index (χ4n) is 6.88. The number of halogens is 3. The molecule has 0 saturated carbocycles. The molecule has 10 aromatic rings. The molecule has 1 atom stereocenters. The van der Waals surface area contributed by atoms with Gasteiger partial charge in [0.25, 0.3) is 0 Å². The van der Waals surface area contributed by atoms with E-state index < -0.39 is 6.04 Å². The lowest BCUT2D eigenvalue weighted by Crippen LogP contribution is -2.14. The van der Waals surface area contributed by atoms with E-state index in [1.807, 2.05) is 91.1 Å². The van der Waals surface area contributed by atoms with Crippen LogP contribution in [0.5, 0.6) is 0 Å². The highest BCUT2D eigenvalue weighted by Crippen LogP contribution is 2.29. The van der Waals surface area contributed by atoms with Crippen LogP contribution in [0.15, 0.2) is 212 Å². The van der Waals surface area contributed by atoms with Crippen LogP contribution >= 0.6 is 34.8 Å². The fourth-order valence-corrected chi connectivity index (χ4v) is 7.31. The average Bonchev–Trinajstić information content (AvgIpc) is 3.36. The quantitative estimate of drug-likeness (QED) is 0.151. The van der Waals surface area contributed by atoms with Crippen molar-refractivity contribution in [3.8, 4) is 22.5 Å². The van der Waals surface area contributed by atoms with Gasteiger partial charge in [-0.25, -0.2) is 24.9 Å². The van der Waals surface area contributed by atoms with Crippen molar-refractivity contribution in [3.05, 3.63) is 250 Å². The van der Waals surface area contributed by atoms with Crippen LogP contribution in [0.2, 0.25) is 15.5 Å². The molecular weight excluding hydrogens is 855 g/mol. The van der Waals surface area contributed by atoms with Crippen LogP contribution in [-0.2, 0) is 0 Å². The van der Waals surface area contributed by atoms with Crippen molar-refractivity contribution in [2.45, 2.75) is 12.1 Å². The van der Waals surface area contributed by atoms with Gasteiger partial charge in [-0.3, -0.25) is 9.98 Å². The topological polar surface area (TPSA) is 116 Å².